The van der Waals surface area contributed by atoms with Crippen molar-refractivity contribution in [1.82, 2.24) is 10.2 Å². The molecule has 0 bridgehead atoms. The number of aryl methyl sites for hydroxylation is 1. The number of nitro groups is 1. The number of H-pyrrole nitrogens is 1. The van der Waals surface area contributed by atoms with Crippen molar-refractivity contribution in [1.29, 1.82) is 5.41 Å². The van der Waals surface area contributed by atoms with Crippen LogP contribution in [0.3, 0.4) is 0 Å². The summed E-state index contributed by atoms with van der Waals surface area (Å²) in [5.74, 6) is -0.158. The first kappa shape index (κ1) is 14.1. The molecule has 0 amide bonds. The van der Waals surface area contributed by atoms with E-state index in [1.807, 2.05) is 0 Å². The highest BCUT2D eigenvalue weighted by Gasteiger charge is 2.47. The normalized spacial score (nSPS) is 20.2. The minimum absolute atomic E-state index is 0.224. The fourth-order valence-electron chi connectivity index (χ4n) is 2.71. The number of fused-ring (bicyclic) bond motifs is 1. The Morgan fingerprint density at radius 2 is 2.09 bits per heavy atom. The molecule has 1 aliphatic rings. The van der Waals surface area contributed by atoms with Crippen LogP contribution in [0.4, 0.5) is 0 Å². The molecule has 2 aromatic rings. The lowest BCUT2D eigenvalue weighted by atomic mass is 9.83. The molecule has 1 aliphatic heterocycles. The Morgan fingerprint density at radius 1 is 1.41 bits per heavy atom. The van der Waals surface area contributed by atoms with Gasteiger partial charge in [0.05, 0.1) is 18.6 Å². The summed E-state index contributed by atoms with van der Waals surface area (Å²) < 4.78 is 10.3. The molecular weight excluding hydrogens is 288 g/mol. The predicted octanol–water partition coefficient (Wildman–Crippen LogP) is 1.87. The first-order valence-electron chi connectivity index (χ1n) is 6.61. The molecule has 2 heterocycles. The van der Waals surface area contributed by atoms with Crippen LogP contribution in [0.2, 0.25) is 0 Å². The average Bonchev–Trinajstić information content (AvgIpc) is 2.86. The molecule has 8 heteroatoms. The number of nitrogens with one attached hydrogen (secondary N) is 2. The largest absolute Gasteiger partial charge is 0.497 e. The van der Waals surface area contributed by atoms with Crippen molar-refractivity contribution < 1.29 is 14.4 Å². The third-order valence-corrected chi connectivity index (χ3v) is 3.76. The number of hydrogen-bond donors (Lipinski definition) is 2. The van der Waals surface area contributed by atoms with Crippen LogP contribution in [0.5, 0.6) is 11.6 Å². The molecule has 2 N–H and O–H groups in total. The maximum Gasteiger partial charge on any atom is 0.297 e. The van der Waals surface area contributed by atoms with Crippen LogP contribution >= 0.6 is 0 Å². The van der Waals surface area contributed by atoms with Crippen molar-refractivity contribution in [3.63, 3.8) is 0 Å². The summed E-state index contributed by atoms with van der Waals surface area (Å²) in [5.41, 5.74) is 2.01. The summed E-state index contributed by atoms with van der Waals surface area (Å²) in [7, 11) is 1.55. The molecule has 1 aromatic heterocycles. The molecule has 0 saturated heterocycles. The lowest BCUT2D eigenvalue weighted by molar-refractivity contribution is -0.508. The van der Waals surface area contributed by atoms with Gasteiger partial charge >= 0.3 is 0 Å². The van der Waals surface area contributed by atoms with E-state index in [0.29, 0.717) is 22.6 Å². The van der Waals surface area contributed by atoms with Gasteiger partial charge in [-0.05, 0) is 24.6 Å². The second-order valence-corrected chi connectivity index (χ2v) is 5.01. The third-order valence-electron chi connectivity index (χ3n) is 3.76. The lowest BCUT2D eigenvalue weighted by Gasteiger charge is -2.26. The number of methoxy groups -OCH3 is 1. The standard InChI is InChI=1S/C14H14N4O4/c1-7-10-11(8-3-5-9(21-2)6-4-8)12(18(19)20)13(15)22-14(10)17-16-7/h3-6,11-12,15H,1-2H3,(H,16,17). The highest BCUT2D eigenvalue weighted by atomic mass is 16.6. The van der Waals surface area contributed by atoms with Gasteiger partial charge in [0, 0.05) is 10.6 Å². The minimum atomic E-state index is -1.28. The van der Waals surface area contributed by atoms with Gasteiger partial charge in [-0.25, -0.2) is 0 Å². The average molecular weight is 302 g/mol. The number of aromatic amines is 1. The molecule has 1 aromatic carbocycles. The molecule has 8 nitrogen and oxygen atoms in total. The smallest absolute Gasteiger partial charge is 0.297 e. The Hall–Kier alpha value is -2.90. The Kier molecular flexibility index (Phi) is 3.28. The van der Waals surface area contributed by atoms with Crippen LogP contribution in [0, 0.1) is 22.4 Å². The molecule has 114 valence electrons. The molecule has 0 saturated carbocycles. The monoisotopic (exact) mass is 302 g/mol. The van der Waals surface area contributed by atoms with Gasteiger partial charge in [0.2, 0.25) is 5.88 Å². The van der Waals surface area contributed by atoms with Crippen LogP contribution in [-0.2, 0) is 0 Å². The van der Waals surface area contributed by atoms with Gasteiger partial charge in [0.15, 0.2) is 0 Å². The summed E-state index contributed by atoms with van der Waals surface area (Å²) in [5, 5.41) is 26.0. The van der Waals surface area contributed by atoms with E-state index in [-0.39, 0.29) is 5.88 Å². The molecule has 0 spiro atoms. The third kappa shape index (κ3) is 2.09. The van der Waals surface area contributed by atoms with E-state index in [4.69, 9.17) is 14.9 Å². The maximum atomic E-state index is 11.4. The van der Waals surface area contributed by atoms with Crippen LogP contribution in [0.25, 0.3) is 0 Å². The predicted molar refractivity (Wildman–Crippen MR) is 77.3 cm³/mol. The summed E-state index contributed by atoms with van der Waals surface area (Å²) in [6.45, 7) is 1.78. The second kappa shape index (κ2) is 5.14. The van der Waals surface area contributed by atoms with Gasteiger partial charge in [0.1, 0.15) is 5.75 Å². The highest BCUT2D eigenvalue weighted by molar-refractivity contribution is 5.84. The maximum absolute atomic E-state index is 11.4. The van der Waals surface area contributed by atoms with Gasteiger partial charge in [0.25, 0.3) is 11.9 Å². The fraction of sp³-hybridized carbons (Fsp3) is 0.286. The van der Waals surface area contributed by atoms with E-state index in [2.05, 4.69) is 10.2 Å². The van der Waals surface area contributed by atoms with Crippen molar-refractivity contribution >= 4 is 5.90 Å². The molecule has 0 fully saturated rings. The topological polar surface area (TPSA) is 114 Å². The van der Waals surface area contributed by atoms with E-state index < -0.39 is 22.8 Å². The van der Waals surface area contributed by atoms with Gasteiger partial charge in [-0.3, -0.25) is 20.6 Å². The first-order chi connectivity index (χ1) is 10.5. The van der Waals surface area contributed by atoms with Gasteiger partial charge in [-0.1, -0.05) is 12.1 Å². The quantitative estimate of drug-likeness (QED) is 0.663. The van der Waals surface area contributed by atoms with Crippen molar-refractivity contribution in [2.45, 2.75) is 18.9 Å². The number of hydrogen-bond acceptors (Lipinski definition) is 6. The Balaban J connectivity index is 2.16. The number of rotatable bonds is 3. The Labute approximate surface area is 125 Å². The summed E-state index contributed by atoms with van der Waals surface area (Å²) in [4.78, 5) is 11.0. The Bertz CT molecular complexity index is 738. The molecule has 3 rings (SSSR count). The second-order valence-electron chi connectivity index (χ2n) is 5.01. The molecule has 0 radical (unpaired) electrons. The summed E-state index contributed by atoms with van der Waals surface area (Å²) in [6.07, 6.45) is 0. The molecule has 2 atom stereocenters. The van der Waals surface area contributed by atoms with Crippen molar-refractivity contribution in [3.05, 3.63) is 51.2 Å². The van der Waals surface area contributed by atoms with Crippen molar-refractivity contribution in [2.75, 3.05) is 7.11 Å². The van der Waals surface area contributed by atoms with Crippen LogP contribution in [-0.4, -0.2) is 34.2 Å². The molecule has 22 heavy (non-hydrogen) atoms. The molecule has 0 aliphatic carbocycles. The SMILES string of the molecule is COc1ccc(C2c3c(n[nH]c3C)OC(=N)C2[N+](=O)[O-])cc1. The molecular formula is C14H14N4O4. The zero-order chi connectivity index (χ0) is 15.9. The van der Waals surface area contributed by atoms with Crippen LogP contribution in [0.15, 0.2) is 24.3 Å². The fourth-order valence-corrected chi connectivity index (χ4v) is 2.71. The number of ether oxygens (including phenoxy) is 2. The van der Waals surface area contributed by atoms with Gasteiger partial charge < -0.3 is 9.47 Å². The summed E-state index contributed by atoms with van der Waals surface area (Å²) >= 11 is 0. The van der Waals surface area contributed by atoms with E-state index in [1.54, 1.807) is 38.3 Å². The van der Waals surface area contributed by atoms with Gasteiger partial charge in [-0.2, -0.15) is 0 Å². The van der Waals surface area contributed by atoms with E-state index in [0.717, 1.165) is 0 Å². The first-order valence-corrected chi connectivity index (χ1v) is 6.61. The number of benzene rings is 1. The van der Waals surface area contributed by atoms with E-state index in [1.165, 1.54) is 0 Å². The van der Waals surface area contributed by atoms with Crippen molar-refractivity contribution in [2.24, 2.45) is 0 Å². The highest BCUT2D eigenvalue weighted by Crippen LogP contribution is 2.40. The van der Waals surface area contributed by atoms with Crippen LogP contribution in [0.1, 0.15) is 22.7 Å². The van der Waals surface area contributed by atoms with E-state index >= 15 is 0 Å². The van der Waals surface area contributed by atoms with Crippen LogP contribution < -0.4 is 9.47 Å². The summed E-state index contributed by atoms with van der Waals surface area (Å²) in [6, 6.07) is 5.71. The zero-order valence-electron chi connectivity index (χ0n) is 12.0. The number of nitrogens with zero attached hydrogens (tertiary/aromatic N) is 2. The van der Waals surface area contributed by atoms with Gasteiger partial charge in [-0.15, -0.1) is 5.10 Å². The molecule has 2 unspecified atom stereocenters. The number of aromatic nitrogens is 2. The van der Waals surface area contributed by atoms with Crippen molar-refractivity contribution in [3.8, 4) is 11.6 Å². The van der Waals surface area contributed by atoms with E-state index in [9.17, 15) is 10.1 Å². The Morgan fingerprint density at radius 3 is 2.68 bits per heavy atom. The minimum Gasteiger partial charge on any atom is -0.497 e. The zero-order valence-corrected chi connectivity index (χ0v) is 12.0. The lowest BCUT2D eigenvalue weighted by Crippen LogP contribution is -2.42.